The molecule has 1 aromatic carbocycles. The molecule has 0 N–H and O–H groups in total. The first-order valence-corrected chi connectivity index (χ1v) is 7.03. The van der Waals surface area contributed by atoms with Crippen molar-refractivity contribution in [2.75, 3.05) is 26.2 Å². The molecule has 3 rings (SSSR count). The fraction of sp³-hybridized carbons (Fsp3) is 0.600. The number of rotatable bonds is 3. The van der Waals surface area contributed by atoms with Crippen LogP contribution in [0.5, 0.6) is 0 Å². The summed E-state index contributed by atoms with van der Waals surface area (Å²) in [6.45, 7) is 5.21. The first kappa shape index (κ1) is 12.1. The van der Waals surface area contributed by atoms with Gasteiger partial charge in [-0.1, -0.05) is 24.6 Å². The highest BCUT2D eigenvalue weighted by Crippen LogP contribution is 2.25. The van der Waals surface area contributed by atoms with Crippen LogP contribution in [0.3, 0.4) is 0 Å². The van der Waals surface area contributed by atoms with Crippen LogP contribution in [0.1, 0.15) is 24.8 Å². The molecule has 2 aliphatic rings. The van der Waals surface area contributed by atoms with Gasteiger partial charge in [-0.2, -0.15) is 0 Å². The van der Waals surface area contributed by atoms with E-state index in [1.165, 1.54) is 19.3 Å². The van der Waals surface area contributed by atoms with Crippen molar-refractivity contribution in [2.24, 2.45) is 0 Å². The molecule has 1 aromatic rings. The molecule has 18 heavy (non-hydrogen) atoms. The van der Waals surface area contributed by atoms with Gasteiger partial charge in [0.15, 0.2) is 0 Å². The normalized spacial score (nSPS) is 22.9. The highest BCUT2D eigenvalue weighted by atomic mass is 19.1. The Morgan fingerprint density at radius 3 is 2.39 bits per heavy atom. The van der Waals surface area contributed by atoms with Crippen LogP contribution in [-0.4, -0.2) is 42.0 Å². The Kier molecular flexibility index (Phi) is 3.62. The third-order valence-corrected chi connectivity index (χ3v) is 4.35. The molecule has 1 saturated carbocycles. The predicted octanol–water partition coefficient (Wildman–Crippen LogP) is 2.50. The fourth-order valence-corrected chi connectivity index (χ4v) is 2.91. The number of hydrogen-bond acceptors (Lipinski definition) is 2. The highest BCUT2D eigenvalue weighted by Gasteiger charge is 2.27. The third-order valence-electron chi connectivity index (χ3n) is 4.35. The molecule has 0 unspecified atom stereocenters. The fourth-order valence-electron chi connectivity index (χ4n) is 2.91. The summed E-state index contributed by atoms with van der Waals surface area (Å²) in [5.74, 6) is -0.0704. The van der Waals surface area contributed by atoms with Crippen molar-refractivity contribution in [3.8, 4) is 0 Å². The summed E-state index contributed by atoms with van der Waals surface area (Å²) in [5.41, 5.74) is 0.828. The summed E-state index contributed by atoms with van der Waals surface area (Å²) in [6.07, 6.45) is 4.17. The molecule has 2 nitrogen and oxygen atoms in total. The number of benzene rings is 1. The zero-order valence-corrected chi connectivity index (χ0v) is 10.8. The quantitative estimate of drug-likeness (QED) is 0.811. The first-order valence-electron chi connectivity index (χ1n) is 7.03. The maximum absolute atomic E-state index is 13.6. The second-order valence-corrected chi connectivity index (χ2v) is 5.49. The zero-order valence-electron chi connectivity index (χ0n) is 10.8. The monoisotopic (exact) mass is 248 g/mol. The maximum atomic E-state index is 13.6. The van der Waals surface area contributed by atoms with E-state index in [0.717, 1.165) is 44.3 Å². The summed E-state index contributed by atoms with van der Waals surface area (Å²) in [6, 6.07) is 7.98. The van der Waals surface area contributed by atoms with Crippen molar-refractivity contribution in [2.45, 2.75) is 31.8 Å². The Bertz CT molecular complexity index is 395. The minimum atomic E-state index is -0.0704. The average molecular weight is 248 g/mol. The van der Waals surface area contributed by atoms with Crippen LogP contribution in [0.15, 0.2) is 24.3 Å². The molecular formula is C15H21FN2. The summed E-state index contributed by atoms with van der Waals surface area (Å²) >= 11 is 0. The molecule has 0 atom stereocenters. The van der Waals surface area contributed by atoms with Crippen molar-refractivity contribution in [3.63, 3.8) is 0 Å². The summed E-state index contributed by atoms with van der Waals surface area (Å²) < 4.78 is 13.6. The van der Waals surface area contributed by atoms with Gasteiger partial charge in [-0.15, -0.1) is 0 Å². The largest absolute Gasteiger partial charge is 0.298 e. The predicted molar refractivity (Wildman–Crippen MR) is 70.9 cm³/mol. The number of piperazine rings is 1. The molecule has 1 heterocycles. The molecule has 0 spiro atoms. The Morgan fingerprint density at radius 2 is 1.78 bits per heavy atom. The Labute approximate surface area is 108 Å². The Balaban J connectivity index is 1.52. The highest BCUT2D eigenvalue weighted by molar-refractivity contribution is 5.17. The molecule has 0 radical (unpaired) electrons. The van der Waals surface area contributed by atoms with Crippen molar-refractivity contribution in [3.05, 3.63) is 35.6 Å². The first-order chi connectivity index (χ1) is 8.83. The van der Waals surface area contributed by atoms with Gasteiger partial charge in [0.25, 0.3) is 0 Å². The lowest BCUT2D eigenvalue weighted by molar-refractivity contribution is 0.0583. The molecule has 3 heteroatoms. The molecule has 0 amide bonds. The number of hydrogen-bond donors (Lipinski definition) is 0. The van der Waals surface area contributed by atoms with Crippen molar-refractivity contribution >= 4 is 0 Å². The van der Waals surface area contributed by atoms with Gasteiger partial charge in [0.2, 0.25) is 0 Å². The van der Waals surface area contributed by atoms with Crippen LogP contribution in [0.4, 0.5) is 4.39 Å². The van der Waals surface area contributed by atoms with Crippen LogP contribution in [0, 0.1) is 5.82 Å². The lowest BCUT2D eigenvalue weighted by Gasteiger charge is -2.43. The minimum Gasteiger partial charge on any atom is -0.298 e. The van der Waals surface area contributed by atoms with Crippen LogP contribution < -0.4 is 0 Å². The van der Waals surface area contributed by atoms with E-state index in [1.54, 1.807) is 12.1 Å². The molecule has 2 fully saturated rings. The maximum Gasteiger partial charge on any atom is 0.127 e. The Morgan fingerprint density at radius 1 is 1.06 bits per heavy atom. The summed E-state index contributed by atoms with van der Waals surface area (Å²) in [4.78, 5) is 4.98. The number of nitrogens with zero attached hydrogens (tertiary/aromatic N) is 2. The van der Waals surface area contributed by atoms with E-state index in [4.69, 9.17) is 0 Å². The van der Waals surface area contributed by atoms with Crippen LogP contribution in [-0.2, 0) is 6.54 Å². The second kappa shape index (κ2) is 5.37. The lowest BCUT2D eigenvalue weighted by atomic mass is 9.91. The van der Waals surface area contributed by atoms with Crippen LogP contribution in [0.2, 0.25) is 0 Å². The molecule has 1 aliphatic heterocycles. The van der Waals surface area contributed by atoms with E-state index < -0.39 is 0 Å². The lowest BCUT2D eigenvalue weighted by Crippen LogP contribution is -2.51. The second-order valence-electron chi connectivity index (χ2n) is 5.49. The smallest absolute Gasteiger partial charge is 0.127 e. The average Bonchev–Trinajstić information content (AvgIpc) is 2.32. The van der Waals surface area contributed by atoms with E-state index in [1.807, 2.05) is 12.1 Å². The molecule has 1 aliphatic carbocycles. The van der Waals surface area contributed by atoms with E-state index in [2.05, 4.69) is 9.80 Å². The Hall–Kier alpha value is -0.930. The van der Waals surface area contributed by atoms with Gasteiger partial charge in [0, 0.05) is 44.3 Å². The molecule has 0 aromatic heterocycles. The van der Waals surface area contributed by atoms with Gasteiger partial charge >= 0.3 is 0 Å². The van der Waals surface area contributed by atoms with Gasteiger partial charge < -0.3 is 0 Å². The van der Waals surface area contributed by atoms with Gasteiger partial charge in [0.05, 0.1) is 0 Å². The molecular weight excluding hydrogens is 227 g/mol. The van der Waals surface area contributed by atoms with Crippen LogP contribution in [0.25, 0.3) is 0 Å². The summed E-state index contributed by atoms with van der Waals surface area (Å²) in [7, 11) is 0. The van der Waals surface area contributed by atoms with E-state index >= 15 is 0 Å². The van der Waals surface area contributed by atoms with Crippen molar-refractivity contribution in [1.82, 2.24) is 9.80 Å². The zero-order chi connectivity index (χ0) is 12.4. The van der Waals surface area contributed by atoms with E-state index in [-0.39, 0.29) is 5.82 Å². The van der Waals surface area contributed by atoms with Gasteiger partial charge in [-0.25, -0.2) is 4.39 Å². The third kappa shape index (κ3) is 2.57. The van der Waals surface area contributed by atoms with Crippen molar-refractivity contribution < 1.29 is 4.39 Å². The van der Waals surface area contributed by atoms with Gasteiger partial charge in [-0.05, 0) is 18.9 Å². The minimum absolute atomic E-state index is 0.0704. The van der Waals surface area contributed by atoms with Crippen LogP contribution >= 0.6 is 0 Å². The standard InChI is InChI=1S/C15H21FN2/c16-15-7-2-1-4-13(15)12-17-8-10-18(11-9-17)14-5-3-6-14/h1-2,4,7,14H,3,5-6,8-12H2. The molecule has 1 saturated heterocycles. The van der Waals surface area contributed by atoms with E-state index in [9.17, 15) is 4.39 Å². The number of halogens is 1. The molecule has 0 bridgehead atoms. The van der Waals surface area contributed by atoms with Crippen molar-refractivity contribution in [1.29, 1.82) is 0 Å². The van der Waals surface area contributed by atoms with E-state index in [0.29, 0.717) is 0 Å². The SMILES string of the molecule is Fc1ccccc1CN1CCN(C2CCC2)CC1. The topological polar surface area (TPSA) is 6.48 Å². The van der Waals surface area contributed by atoms with Gasteiger partial charge in [0.1, 0.15) is 5.82 Å². The van der Waals surface area contributed by atoms with Gasteiger partial charge in [-0.3, -0.25) is 9.80 Å². The summed E-state index contributed by atoms with van der Waals surface area (Å²) in [5, 5.41) is 0. The molecule has 98 valence electrons.